The largest absolute Gasteiger partial charge is 0.481 e. The van der Waals surface area contributed by atoms with Gasteiger partial charge >= 0.3 is 0 Å². The van der Waals surface area contributed by atoms with Gasteiger partial charge in [0.15, 0.2) is 6.10 Å². The van der Waals surface area contributed by atoms with E-state index in [1.54, 1.807) is 12.4 Å². The van der Waals surface area contributed by atoms with Gasteiger partial charge in [0.2, 0.25) is 5.82 Å². The predicted octanol–water partition coefficient (Wildman–Crippen LogP) is 3.58. The van der Waals surface area contributed by atoms with E-state index in [0.29, 0.717) is 11.7 Å². The van der Waals surface area contributed by atoms with E-state index in [2.05, 4.69) is 15.1 Å². The third kappa shape index (κ3) is 2.91. The number of aromatic nitrogens is 3. The zero-order chi connectivity index (χ0) is 14.7. The molecular formula is C16H15N3O2. The van der Waals surface area contributed by atoms with Gasteiger partial charge in [-0.05, 0) is 37.6 Å². The molecule has 1 aromatic carbocycles. The number of aryl methyl sites for hydroxylation is 1. The fraction of sp³-hybridized carbons (Fsp3) is 0.188. The van der Waals surface area contributed by atoms with Gasteiger partial charge in [-0.2, -0.15) is 4.98 Å². The Hall–Kier alpha value is -2.69. The topological polar surface area (TPSA) is 61.0 Å². The predicted molar refractivity (Wildman–Crippen MR) is 77.8 cm³/mol. The molecule has 0 unspecified atom stereocenters. The van der Waals surface area contributed by atoms with Gasteiger partial charge in [0.25, 0.3) is 5.89 Å². The van der Waals surface area contributed by atoms with Gasteiger partial charge < -0.3 is 9.26 Å². The minimum Gasteiger partial charge on any atom is -0.481 e. The minimum absolute atomic E-state index is 0.311. The molecule has 0 N–H and O–H groups in total. The Balaban J connectivity index is 1.79. The average Bonchev–Trinajstić information content (AvgIpc) is 3.00. The van der Waals surface area contributed by atoms with Gasteiger partial charge in [0, 0.05) is 18.0 Å². The summed E-state index contributed by atoms with van der Waals surface area (Å²) in [5.41, 5.74) is 1.93. The molecule has 21 heavy (non-hydrogen) atoms. The fourth-order valence-electron chi connectivity index (χ4n) is 1.95. The Bertz CT molecular complexity index is 725. The lowest BCUT2D eigenvalue weighted by molar-refractivity contribution is 0.175. The monoisotopic (exact) mass is 281 g/mol. The number of nitrogens with zero attached hydrogens (tertiary/aromatic N) is 3. The van der Waals surface area contributed by atoms with Gasteiger partial charge in [-0.3, -0.25) is 4.98 Å². The second-order valence-corrected chi connectivity index (χ2v) is 4.72. The molecule has 0 fully saturated rings. The molecule has 0 radical (unpaired) electrons. The second-order valence-electron chi connectivity index (χ2n) is 4.72. The van der Waals surface area contributed by atoms with Crippen LogP contribution in [0.1, 0.15) is 24.5 Å². The Kier molecular flexibility index (Phi) is 3.64. The Morgan fingerprint density at radius 3 is 2.62 bits per heavy atom. The number of benzene rings is 1. The van der Waals surface area contributed by atoms with Crippen molar-refractivity contribution in [3.63, 3.8) is 0 Å². The molecule has 2 heterocycles. The highest BCUT2D eigenvalue weighted by molar-refractivity contribution is 5.52. The maximum absolute atomic E-state index is 5.87. The highest BCUT2D eigenvalue weighted by atomic mass is 16.5. The molecule has 0 spiro atoms. The molecule has 3 rings (SSSR count). The standard InChI is InChI=1S/C16H15N3O2/c1-11-5-3-4-6-14(11)20-12(2)16-18-15(19-21-16)13-7-9-17-10-8-13/h3-10,12H,1-2H3/t12-/m0/s1. The fourth-order valence-corrected chi connectivity index (χ4v) is 1.95. The van der Waals surface area contributed by atoms with Gasteiger partial charge in [-0.15, -0.1) is 0 Å². The van der Waals surface area contributed by atoms with Crippen molar-refractivity contribution in [1.82, 2.24) is 15.1 Å². The summed E-state index contributed by atoms with van der Waals surface area (Å²) in [6, 6.07) is 11.5. The van der Waals surface area contributed by atoms with Crippen LogP contribution in [0.4, 0.5) is 0 Å². The molecule has 0 aliphatic rings. The molecule has 3 aromatic rings. The first-order valence-electron chi connectivity index (χ1n) is 6.70. The third-order valence-electron chi connectivity index (χ3n) is 3.13. The van der Waals surface area contributed by atoms with Crippen LogP contribution in [0.2, 0.25) is 0 Å². The Morgan fingerprint density at radius 1 is 1.10 bits per heavy atom. The zero-order valence-electron chi connectivity index (χ0n) is 11.9. The van der Waals surface area contributed by atoms with Crippen LogP contribution in [0.5, 0.6) is 5.75 Å². The Morgan fingerprint density at radius 2 is 1.86 bits per heavy atom. The van der Waals surface area contributed by atoms with Crippen LogP contribution in [0, 0.1) is 6.92 Å². The van der Waals surface area contributed by atoms with Crippen molar-refractivity contribution < 1.29 is 9.26 Å². The molecule has 2 aromatic heterocycles. The summed E-state index contributed by atoms with van der Waals surface area (Å²) in [5.74, 6) is 1.80. The molecule has 0 bridgehead atoms. The summed E-state index contributed by atoms with van der Waals surface area (Å²) in [7, 11) is 0. The Labute approximate surface area is 122 Å². The first-order chi connectivity index (χ1) is 10.2. The van der Waals surface area contributed by atoms with E-state index in [0.717, 1.165) is 16.9 Å². The summed E-state index contributed by atoms with van der Waals surface area (Å²) >= 11 is 0. The van der Waals surface area contributed by atoms with Crippen LogP contribution < -0.4 is 4.74 Å². The molecule has 0 aliphatic heterocycles. The highest BCUT2D eigenvalue weighted by Gasteiger charge is 2.17. The number of rotatable bonds is 4. The summed E-state index contributed by atoms with van der Waals surface area (Å²) < 4.78 is 11.2. The van der Waals surface area contributed by atoms with Crippen LogP contribution in [-0.2, 0) is 0 Å². The molecule has 0 saturated carbocycles. The van der Waals surface area contributed by atoms with Gasteiger partial charge in [0.05, 0.1) is 0 Å². The molecule has 0 amide bonds. The van der Waals surface area contributed by atoms with E-state index in [-0.39, 0.29) is 6.10 Å². The number of ether oxygens (including phenoxy) is 1. The van der Waals surface area contributed by atoms with Crippen molar-refractivity contribution in [2.75, 3.05) is 0 Å². The molecule has 106 valence electrons. The van der Waals surface area contributed by atoms with Crippen LogP contribution >= 0.6 is 0 Å². The molecule has 5 nitrogen and oxygen atoms in total. The van der Waals surface area contributed by atoms with Crippen LogP contribution in [-0.4, -0.2) is 15.1 Å². The maximum atomic E-state index is 5.87. The molecule has 0 aliphatic carbocycles. The van der Waals surface area contributed by atoms with E-state index < -0.39 is 0 Å². The summed E-state index contributed by atoms with van der Waals surface area (Å²) in [6.07, 6.45) is 3.08. The molecular weight excluding hydrogens is 266 g/mol. The summed E-state index contributed by atoms with van der Waals surface area (Å²) in [6.45, 7) is 3.88. The second kappa shape index (κ2) is 5.75. The van der Waals surface area contributed by atoms with E-state index in [1.165, 1.54) is 0 Å². The first kappa shape index (κ1) is 13.3. The SMILES string of the molecule is Cc1ccccc1O[C@@H](C)c1nc(-c2ccncc2)no1. The lowest BCUT2D eigenvalue weighted by Crippen LogP contribution is -2.04. The van der Waals surface area contributed by atoms with Gasteiger partial charge in [0.1, 0.15) is 5.75 Å². The number of hydrogen-bond acceptors (Lipinski definition) is 5. The van der Waals surface area contributed by atoms with Crippen molar-refractivity contribution in [2.45, 2.75) is 20.0 Å². The summed E-state index contributed by atoms with van der Waals surface area (Å²) in [4.78, 5) is 8.34. The lowest BCUT2D eigenvalue weighted by Gasteiger charge is -2.12. The van der Waals surface area contributed by atoms with Crippen molar-refractivity contribution in [3.8, 4) is 17.1 Å². The van der Waals surface area contributed by atoms with Crippen LogP contribution in [0.25, 0.3) is 11.4 Å². The summed E-state index contributed by atoms with van der Waals surface area (Å²) in [5, 5.41) is 3.98. The zero-order valence-corrected chi connectivity index (χ0v) is 11.9. The smallest absolute Gasteiger partial charge is 0.267 e. The molecule has 0 saturated heterocycles. The number of hydrogen-bond donors (Lipinski definition) is 0. The normalized spacial score (nSPS) is 12.1. The van der Waals surface area contributed by atoms with Crippen molar-refractivity contribution in [1.29, 1.82) is 0 Å². The minimum atomic E-state index is -0.311. The maximum Gasteiger partial charge on any atom is 0.267 e. The first-order valence-corrected chi connectivity index (χ1v) is 6.70. The van der Waals surface area contributed by atoms with Crippen molar-refractivity contribution in [2.24, 2.45) is 0 Å². The highest BCUT2D eigenvalue weighted by Crippen LogP contribution is 2.25. The van der Waals surface area contributed by atoms with Gasteiger partial charge in [-0.1, -0.05) is 23.4 Å². The molecule has 1 atom stereocenters. The van der Waals surface area contributed by atoms with Crippen LogP contribution in [0.15, 0.2) is 53.3 Å². The molecule has 5 heteroatoms. The quantitative estimate of drug-likeness (QED) is 0.731. The number of pyridine rings is 1. The van der Waals surface area contributed by atoms with Gasteiger partial charge in [-0.25, -0.2) is 0 Å². The van der Waals surface area contributed by atoms with Crippen molar-refractivity contribution >= 4 is 0 Å². The third-order valence-corrected chi connectivity index (χ3v) is 3.13. The van der Waals surface area contributed by atoms with Crippen LogP contribution in [0.3, 0.4) is 0 Å². The van der Waals surface area contributed by atoms with Crippen molar-refractivity contribution in [3.05, 3.63) is 60.2 Å². The van der Waals surface area contributed by atoms with E-state index in [1.807, 2.05) is 50.2 Å². The lowest BCUT2D eigenvalue weighted by atomic mass is 10.2. The van der Waals surface area contributed by atoms with E-state index in [4.69, 9.17) is 9.26 Å². The van der Waals surface area contributed by atoms with E-state index in [9.17, 15) is 0 Å². The number of para-hydroxylation sites is 1. The average molecular weight is 281 g/mol. The van der Waals surface area contributed by atoms with E-state index >= 15 is 0 Å².